The fraction of sp³-hybridized carbons (Fsp3) is 0.0833. The van der Waals surface area contributed by atoms with Gasteiger partial charge in [0.1, 0.15) is 5.56 Å². The Hall–Kier alpha value is -1.92. The summed E-state index contributed by atoms with van der Waals surface area (Å²) in [6.45, 7) is 1.82. The molecule has 0 saturated heterocycles. The summed E-state index contributed by atoms with van der Waals surface area (Å²) in [5.41, 5.74) is 0.909. The van der Waals surface area contributed by atoms with Gasteiger partial charge < -0.3 is 10.1 Å². The first-order valence-electron chi connectivity index (χ1n) is 5.34. The van der Waals surface area contributed by atoms with Crippen molar-refractivity contribution in [1.82, 2.24) is 9.97 Å². The van der Waals surface area contributed by atoms with E-state index >= 15 is 0 Å². The lowest BCUT2D eigenvalue weighted by atomic mass is 10.2. The van der Waals surface area contributed by atoms with Crippen LogP contribution in [0.4, 0.5) is 5.69 Å². The number of aromatic nitrogens is 2. The molecule has 2 rings (SSSR count). The molecule has 3 N–H and O–H groups in total. The van der Waals surface area contributed by atoms with Crippen molar-refractivity contribution in [3.8, 4) is 5.88 Å². The molecule has 0 atom stereocenters. The van der Waals surface area contributed by atoms with Gasteiger partial charge in [-0.3, -0.25) is 14.8 Å². The number of H-pyrrole nitrogens is 2. The first-order valence-corrected chi connectivity index (χ1v) is 6.12. The number of hydrogen-bond acceptors (Lipinski definition) is 4. The third-order valence-electron chi connectivity index (χ3n) is 2.53. The third kappa shape index (κ3) is 2.91. The molecule has 0 aliphatic heterocycles. The van der Waals surface area contributed by atoms with E-state index in [0.717, 1.165) is 5.56 Å². The molecule has 0 spiro atoms. The third-order valence-corrected chi connectivity index (χ3v) is 3.14. The SMILES string of the molecule is Cc1c(Cl)cccc1N=Cc1c(O)[nH]c(=S)[nH]c1=O. The fourth-order valence-corrected chi connectivity index (χ4v) is 1.83. The second-order valence-corrected chi connectivity index (χ2v) is 4.63. The summed E-state index contributed by atoms with van der Waals surface area (Å²) >= 11 is 10.7. The van der Waals surface area contributed by atoms with Crippen LogP contribution < -0.4 is 5.56 Å². The molecule has 1 aromatic heterocycles. The second kappa shape index (κ2) is 5.38. The van der Waals surface area contributed by atoms with Crippen LogP contribution >= 0.6 is 23.8 Å². The predicted molar refractivity (Wildman–Crippen MR) is 77.4 cm³/mol. The number of hydrogen-bond donors (Lipinski definition) is 3. The molecule has 0 unspecified atom stereocenters. The van der Waals surface area contributed by atoms with Crippen LogP contribution in [-0.4, -0.2) is 21.3 Å². The van der Waals surface area contributed by atoms with Crippen molar-refractivity contribution in [2.45, 2.75) is 6.92 Å². The highest BCUT2D eigenvalue weighted by Crippen LogP contribution is 2.25. The van der Waals surface area contributed by atoms with Crippen molar-refractivity contribution in [3.63, 3.8) is 0 Å². The van der Waals surface area contributed by atoms with E-state index in [1.54, 1.807) is 18.2 Å². The summed E-state index contributed by atoms with van der Waals surface area (Å²) in [5.74, 6) is -0.322. The molecular weight excluding hydrogens is 286 g/mol. The summed E-state index contributed by atoms with van der Waals surface area (Å²) in [7, 11) is 0. The number of halogens is 1. The molecule has 5 nitrogen and oxygen atoms in total. The van der Waals surface area contributed by atoms with E-state index < -0.39 is 5.56 Å². The largest absolute Gasteiger partial charge is 0.494 e. The van der Waals surface area contributed by atoms with Crippen molar-refractivity contribution in [1.29, 1.82) is 0 Å². The molecule has 19 heavy (non-hydrogen) atoms. The molecule has 1 aromatic carbocycles. The first-order chi connectivity index (χ1) is 8.99. The summed E-state index contributed by atoms with van der Waals surface area (Å²) in [6, 6.07) is 5.26. The number of rotatable bonds is 2. The highest BCUT2D eigenvalue weighted by atomic mass is 35.5. The van der Waals surface area contributed by atoms with Gasteiger partial charge in [-0.2, -0.15) is 0 Å². The van der Waals surface area contributed by atoms with Crippen molar-refractivity contribution in [2.24, 2.45) is 4.99 Å². The maximum Gasteiger partial charge on any atom is 0.264 e. The van der Waals surface area contributed by atoms with Crippen LogP contribution in [0.25, 0.3) is 0 Å². The molecule has 0 bridgehead atoms. The summed E-state index contributed by atoms with van der Waals surface area (Å²) in [4.78, 5) is 20.6. The second-order valence-electron chi connectivity index (χ2n) is 3.81. The normalized spacial score (nSPS) is 11.1. The minimum atomic E-state index is -0.510. The van der Waals surface area contributed by atoms with Crippen LogP contribution in [0.15, 0.2) is 28.0 Å². The standard InChI is InChI=1S/C12H10ClN3O2S/c1-6-8(13)3-2-4-9(6)14-5-7-10(17)15-12(19)16-11(7)18/h2-5H,1H3,(H3,15,16,17,18,19). The zero-order valence-electron chi connectivity index (χ0n) is 9.90. The molecule has 0 saturated carbocycles. The van der Waals surface area contributed by atoms with Crippen molar-refractivity contribution in [2.75, 3.05) is 0 Å². The van der Waals surface area contributed by atoms with Gasteiger partial charge in [0.15, 0.2) is 4.77 Å². The molecule has 0 amide bonds. The first kappa shape index (κ1) is 13.5. The van der Waals surface area contributed by atoms with Gasteiger partial charge in [0, 0.05) is 11.2 Å². The highest BCUT2D eigenvalue weighted by Gasteiger charge is 2.05. The van der Waals surface area contributed by atoms with E-state index in [9.17, 15) is 9.90 Å². The van der Waals surface area contributed by atoms with Gasteiger partial charge in [-0.1, -0.05) is 17.7 Å². The summed E-state index contributed by atoms with van der Waals surface area (Å²) in [6.07, 6.45) is 1.26. The smallest absolute Gasteiger partial charge is 0.264 e. The number of aromatic hydroxyl groups is 1. The topological polar surface area (TPSA) is 81.2 Å². The maximum atomic E-state index is 11.6. The molecular formula is C12H10ClN3O2S. The average molecular weight is 296 g/mol. The Morgan fingerprint density at radius 3 is 2.84 bits per heavy atom. The van der Waals surface area contributed by atoms with Crippen LogP contribution in [0.5, 0.6) is 5.88 Å². The molecule has 0 radical (unpaired) electrons. The summed E-state index contributed by atoms with van der Waals surface area (Å²) < 4.78 is 0.0542. The Morgan fingerprint density at radius 2 is 2.16 bits per heavy atom. The Labute approximate surface area is 118 Å². The Bertz CT molecular complexity index is 764. The molecule has 0 aliphatic rings. The molecule has 98 valence electrons. The van der Waals surface area contributed by atoms with E-state index in [-0.39, 0.29) is 16.2 Å². The van der Waals surface area contributed by atoms with E-state index in [1.165, 1.54) is 6.21 Å². The van der Waals surface area contributed by atoms with Gasteiger partial charge in [-0.25, -0.2) is 0 Å². The monoisotopic (exact) mass is 295 g/mol. The van der Waals surface area contributed by atoms with E-state index in [2.05, 4.69) is 15.0 Å². The Morgan fingerprint density at radius 1 is 1.42 bits per heavy atom. The van der Waals surface area contributed by atoms with Gasteiger partial charge in [-0.15, -0.1) is 0 Å². The van der Waals surface area contributed by atoms with Gasteiger partial charge in [0.05, 0.1) is 5.69 Å². The Kier molecular flexibility index (Phi) is 3.82. The van der Waals surface area contributed by atoms with Crippen molar-refractivity contribution >= 4 is 35.7 Å². The molecule has 2 aromatic rings. The predicted octanol–water partition coefficient (Wildman–Crippen LogP) is 2.85. The Balaban J connectivity index is 2.47. The zero-order valence-corrected chi connectivity index (χ0v) is 11.5. The van der Waals surface area contributed by atoms with Crippen LogP contribution in [0.2, 0.25) is 5.02 Å². The quantitative estimate of drug-likeness (QED) is 0.588. The molecule has 0 aliphatic carbocycles. The van der Waals surface area contributed by atoms with E-state index in [4.69, 9.17) is 23.8 Å². The number of aliphatic imine (C=N–C) groups is 1. The molecule has 7 heteroatoms. The van der Waals surface area contributed by atoms with Crippen LogP contribution in [0.1, 0.15) is 11.1 Å². The van der Waals surface area contributed by atoms with Crippen molar-refractivity contribution < 1.29 is 5.11 Å². The minimum Gasteiger partial charge on any atom is -0.494 e. The molecule has 1 heterocycles. The van der Waals surface area contributed by atoms with Gasteiger partial charge in [0.25, 0.3) is 5.56 Å². The lowest BCUT2D eigenvalue weighted by Crippen LogP contribution is -2.13. The highest BCUT2D eigenvalue weighted by molar-refractivity contribution is 7.71. The lowest BCUT2D eigenvalue weighted by molar-refractivity contribution is 0.449. The number of aromatic amines is 2. The number of nitrogens with zero attached hydrogens (tertiary/aromatic N) is 1. The van der Waals surface area contributed by atoms with E-state index in [0.29, 0.717) is 10.7 Å². The fourth-order valence-electron chi connectivity index (χ4n) is 1.47. The average Bonchev–Trinajstić information content (AvgIpc) is 2.33. The summed E-state index contributed by atoms with van der Waals surface area (Å²) in [5, 5.41) is 10.2. The van der Waals surface area contributed by atoms with Gasteiger partial charge in [-0.05, 0) is 36.8 Å². The van der Waals surface area contributed by atoms with Crippen LogP contribution in [0.3, 0.4) is 0 Å². The molecule has 0 fully saturated rings. The van der Waals surface area contributed by atoms with Gasteiger partial charge >= 0.3 is 0 Å². The number of benzene rings is 1. The van der Waals surface area contributed by atoms with Crippen LogP contribution in [-0.2, 0) is 0 Å². The van der Waals surface area contributed by atoms with Crippen molar-refractivity contribution in [3.05, 3.63) is 49.5 Å². The zero-order chi connectivity index (χ0) is 14.0. The van der Waals surface area contributed by atoms with Crippen LogP contribution in [0, 0.1) is 11.7 Å². The minimum absolute atomic E-state index is 0.00738. The van der Waals surface area contributed by atoms with E-state index in [1.807, 2.05) is 6.92 Å². The lowest BCUT2D eigenvalue weighted by Gasteiger charge is -2.02. The maximum absolute atomic E-state index is 11.6. The number of nitrogens with one attached hydrogen (secondary N) is 2. The van der Waals surface area contributed by atoms with Gasteiger partial charge in [0.2, 0.25) is 5.88 Å².